The first kappa shape index (κ1) is 21.9. The second-order valence-electron chi connectivity index (χ2n) is 8.19. The van der Waals surface area contributed by atoms with Gasteiger partial charge in [0, 0.05) is 58.2 Å². The van der Waals surface area contributed by atoms with Crippen LogP contribution in [0.15, 0.2) is 71.3 Å². The van der Waals surface area contributed by atoms with Crippen molar-refractivity contribution in [3.8, 4) is 0 Å². The number of hydrogen-bond donors (Lipinski definition) is 1. The molecular formula is C25H29FN4O2. The largest absolute Gasteiger partial charge is 0.459 e. The number of rotatable bonds is 7. The van der Waals surface area contributed by atoms with Crippen molar-refractivity contribution in [2.75, 3.05) is 56.6 Å². The minimum atomic E-state index is -0.221. The Morgan fingerprint density at radius 3 is 2.31 bits per heavy atom. The number of carbonyl (C=O) groups is 1. The molecule has 2 heterocycles. The summed E-state index contributed by atoms with van der Waals surface area (Å²) in [6.07, 6.45) is 1.50. The number of furan rings is 1. The lowest BCUT2D eigenvalue weighted by molar-refractivity contribution is 0.0902. The van der Waals surface area contributed by atoms with Gasteiger partial charge in [-0.15, -0.1) is 0 Å². The van der Waals surface area contributed by atoms with Crippen LogP contribution in [0.25, 0.3) is 0 Å². The number of nitrogens with one attached hydrogen (secondary N) is 1. The van der Waals surface area contributed by atoms with Gasteiger partial charge in [0.1, 0.15) is 5.82 Å². The minimum Gasteiger partial charge on any atom is -0.459 e. The fourth-order valence-electron chi connectivity index (χ4n) is 4.08. The minimum absolute atomic E-state index is 0.0421. The van der Waals surface area contributed by atoms with E-state index < -0.39 is 0 Å². The summed E-state index contributed by atoms with van der Waals surface area (Å²) in [4.78, 5) is 19.2. The van der Waals surface area contributed by atoms with Crippen LogP contribution in [0.3, 0.4) is 0 Å². The van der Waals surface area contributed by atoms with Gasteiger partial charge in [0.2, 0.25) is 0 Å². The molecule has 1 atom stereocenters. The van der Waals surface area contributed by atoms with Crippen LogP contribution in [0.2, 0.25) is 0 Å². The Balaban J connectivity index is 1.47. The zero-order chi connectivity index (χ0) is 22.5. The molecule has 0 saturated carbocycles. The second kappa shape index (κ2) is 9.87. The third-order valence-electron chi connectivity index (χ3n) is 5.94. The third kappa shape index (κ3) is 5.11. The van der Waals surface area contributed by atoms with Gasteiger partial charge in [-0.2, -0.15) is 0 Å². The number of anilines is 2. The van der Waals surface area contributed by atoms with Crippen molar-refractivity contribution in [3.63, 3.8) is 0 Å². The standard InChI is InChI=1S/C25H29FN4O2/c1-28(2)21-9-5-19(6-10-21)23(18-27-25(31)24-4-3-17-32-24)30-15-13-29(14-16-30)22-11-7-20(26)8-12-22/h3-12,17,23H,13-16,18H2,1-2H3,(H,27,31)/t23-/m1/s1. The van der Waals surface area contributed by atoms with Crippen LogP contribution in [-0.4, -0.2) is 57.6 Å². The van der Waals surface area contributed by atoms with Gasteiger partial charge in [-0.1, -0.05) is 12.1 Å². The fourth-order valence-corrected chi connectivity index (χ4v) is 4.08. The summed E-state index contributed by atoms with van der Waals surface area (Å²) in [5.41, 5.74) is 3.32. The molecule has 168 valence electrons. The average molecular weight is 437 g/mol. The van der Waals surface area contributed by atoms with E-state index in [9.17, 15) is 9.18 Å². The first-order chi connectivity index (χ1) is 15.5. The Morgan fingerprint density at radius 1 is 1.03 bits per heavy atom. The Labute approximate surface area is 188 Å². The molecule has 32 heavy (non-hydrogen) atoms. The number of benzene rings is 2. The van der Waals surface area contributed by atoms with E-state index in [-0.39, 0.29) is 17.8 Å². The van der Waals surface area contributed by atoms with E-state index >= 15 is 0 Å². The highest BCUT2D eigenvalue weighted by Gasteiger charge is 2.26. The Kier molecular flexibility index (Phi) is 6.75. The Morgan fingerprint density at radius 2 is 1.72 bits per heavy atom. The molecule has 1 aromatic heterocycles. The molecule has 1 saturated heterocycles. The van der Waals surface area contributed by atoms with Gasteiger partial charge in [-0.05, 0) is 54.1 Å². The highest BCUT2D eigenvalue weighted by Crippen LogP contribution is 2.26. The summed E-state index contributed by atoms with van der Waals surface area (Å²) in [7, 11) is 4.04. The van der Waals surface area contributed by atoms with Crippen molar-refractivity contribution < 1.29 is 13.6 Å². The van der Waals surface area contributed by atoms with Crippen LogP contribution in [0.4, 0.5) is 15.8 Å². The van der Waals surface area contributed by atoms with Gasteiger partial charge in [0.25, 0.3) is 5.91 Å². The molecule has 3 aromatic rings. The van der Waals surface area contributed by atoms with E-state index in [1.54, 1.807) is 12.1 Å². The van der Waals surface area contributed by atoms with Crippen molar-refractivity contribution in [1.82, 2.24) is 10.2 Å². The first-order valence-electron chi connectivity index (χ1n) is 10.8. The Hall–Kier alpha value is -3.32. The molecule has 0 radical (unpaired) electrons. The summed E-state index contributed by atoms with van der Waals surface area (Å²) in [5.74, 6) is -0.122. The maximum atomic E-state index is 13.3. The summed E-state index contributed by atoms with van der Waals surface area (Å²) in [5, 5.41) is 3.03. The number of carbonyl (C=O) groups excluding carboxylic acids is 1. The van der Waals surface area contributed by atoms with Gasteiger partial charge in [0.15, 0.2) is 5.76 Å². The molecule has 6 nitrogen and oxygen atoms in total. The molecule has 1 N–H and O–H groups in total. The second-order valence-corrected chi connectivity index (χ2v) is 8.19. The van der Waals surface area contributed by atoms with Crippen molar-refractivity contribution in [1.29, 1.82) is 0 Å². The van der Waals surface area contributed by atoms with E-state index in [2.05, 4.69) is 44.3 Å². The number of nitrogens with zero attached hydrogens (tertiary/aromatic N) is 3. The predicted octanol–water partition coefficient (Wildman–Crippen LogP) is 3.78. The number of halogens is 1. The Bertz CT molecular complexity index is 995. The van der Waals surface area contributed by atoms with Crippen LogP contribution in [0.5, 0.6) is 0 Å². The summed E-state index contributed by atoms with van der Waals surface area (Å²) >= 11 is 0. The molecule has 7 heteroatoms. The highest BCUT2D eigenvalue weighted by atomic mass is 19.1. The van der Waals surface area contributed by atoms with Crippen LogP contribution in [-0.2, 0) is 0 Å². The van der Waals surface area contributed by atoms with Crippen molar-refractivity contribution in [2.24, 2.45) is 0 Å². The normalized spacial score (nSPS) is 15.4. The molecule has 2 aromatic carbocycles. The molecule has 0 spiro atoms. The molecule has 1 aliphatic heterocycles. The van der Waals surface area contributed by atoms with E-state index in [0.29, 0.717) is 12.3 Å². The molecular weight excluding hydrogens is 407 g/mol. The van der Waals surface area contributed by atoms with E-state index in [1.807, 2.05) is 26.2 Å². The van der Waals surface area contributed by atoms with Gasteiger partial charge in [0.05, 0.1) is 12.3 Å². The lowest BCUT2D eigenvalue weighted by atomic mass is 10.0. The fraction of sp³-hybridized carbons (Fsp3) is 0.320. The van der Waals surface area contributed by atoms with Crippen LogP contribution >= 0.6 is 0 Å². The maximum absolute atomic E-state index is 13.3. The topological polar surface area (TPSA) is 52.0 Å². The molecule has 1 amide bonds. The smallest absolute Gasteiger partial charge is 0.287 e. The molecule has 1 aliphatic rings. The maximum Gasteiger partial charge on any atom is 0.287 e. The van der Waals surface area contributed by atoms with Crippen molar-refractivity contribution in [2.45, 2.75) is 6.04 Å². The van der Waals surface area contributed by atoms with Crippen molar-refractivity contribution >= 4 is 17.3 Å². The van der Waals surface area contributed by atoms with Gasteiger partial charge in [-0.3, -0.25) is 9.69 Å². The molecule has 1 fully saturated rings. The quantitative estimate of drug-likeness (QED) is 0.611. The third-order valence-corrected chi connectivity index (χ3v) is 5.94. The highest BCUT2D eigenvalue weighted by molar-refractivity contribution is 5.91. The lowest BCUT2D eigenvalue weighted by Gasteiger charge is -2.40. The van der Waals surface area contributed by atoms with E-state index in [1.165, 1.54) is 18.4 Å². The molecule has 0 unspecified atom stereocenters. The summed E-state index contributed by atoms with van der Waals surface area (Å²) < 4.78 is 18.5. The summed E-state index contributed by atoms with van der Waals surface area (Å²) in [6.45, 7) is 3.84. The molecule has 0 aliphatic carbocycles. The zero-order valence-electron chi connectivity index (χ0n) is 18.5. The zero-order valence-corrected chi connectivity index (χ0v) is 18.5. The van der Waals surface area contributed by atoms with E-state index in [0.717, 1.165) is 43.1 Å². The van der Waals surface area contributed by atoms with Crippen LogP contribution in [0.1, 0.15) is 22.2 Å². The lowest BCUT2D eigenvalue weighted by Crippen LogP contribution is -2.50. The first-order valence-corrected chi connectivity index (χ1v) is 10.8. The van der Waals surface area contributed by atoms with Crippen LogP contribution in [0, 0.1) is 5.82 Å². The number of amides is 1. The predicted molar refractivity (Wildman–Crippen MR) is 125 cm³/mol. The van der Waals surface area contributed by atoms with Gasteiger partial charge < -0.3 is 19.5 Å². The SMILES string of the molecule is CN(C)c1ccc([C@@H](CNC(=O)c2ccco2)N2CCN(c3ccc(F)cc3)CC2)cc1. The number of piperazine rings is 1. The molecule has 0 bridgehead atoms. The van der Waals surface area contributed by atoms with Crippen LogP contribution < -0.4 is 15.1 Å². The number of hydrogen-bond acceptors (Lipinski definition) is 5. The monoisotopic (exact) mass is 436 g/mol. The van der Waals surface area contributed by atoms with Gasteiger partial charge in [-0.25, -0.2) is 4.39 Å². The molecule has 4 rings (SSSR count). The van der Waals surface area contributed by atoms with E-state index in [4.69, 9.17) is 4.42 Å². The van der Waals surface area contributed by atoms with Crippen molar-refractivity contribution in [3.05, 3.63) is 84.1 Å². The van der Waals surface area contributed by atoms with Gasteiger partial charge >= 0.3 is 0 Å². The average Bonchev–Trinajstić information content (AvgIpc) is 3.36. The summed E-state index contributed by atoms with van der Waals surface area (Å²) in [6, 6.07) is 18.5.